The zero-order chi connectivity index (χ0) is 12.0. The lowest BCUT2D eigenvalue weighted by Crippen LogP contribution is -2.29. The molecule has 0 spiro atoms. The zero-order valence-electron chi connectivity index (χ0n) is 8.57. The Balaban J connectivity index is 2.18. The third-order valence-corrected chi connectivity index (χ3v) is 2.03. The Labute approximate surface area is 91.7 Å². The fourth-order valence-electron chi connectivity index (χ4n) is 1.12. The van der Waals surface area contributed by atoms with Crippen molar-refractivity contribution in [1.82, 2.24) is 0 Å². The van der Waals surface area contributed by atoms with Crippen LogP contribution < -0.4 is 0 Å². The first-order chi connectivity index (χ1) is 7.50. The van der Waals surface area contributed by atoms with E-state index in [9.17, 15) is 13.2 Å². The highest BCUT2D eigenvalue weighted by molar-refractivity contribution is 5.13. The van der Waals surface area contributed by atoms with Gasteiger partial charge in [-0.3, -0.25) is 0 Å². The number of aliphatic hydroxyl groups is 1. The molecule has 1 aromatic rings. The molecule has 16 heavy (non-hydrogen) atoms. The smallest absolute Gasteiger partial charge is 0.384 e. The quantitative estimate of drug-likeness (QED) is 0.793. The second-order valence-corrected chi connectivity index (χ2v) is 3.38. The summed E-state index contributed by atoms with van der Waals surface area (Å²) in [5, 5.41) is 8.68. The summed E-state index contributed by atoms with van der Waals surface area (Å²) in [5.41, 5.74) is 0.893. The second kappa shape index (κ2) is 5.86. The van der Waals surface area contributed by atoms with Gasteiger partial charge in [0.25, 0.3) is 0 Å². The molecule has 0 aromatic heterocycles. The van der Waals surface area contributed by atoms with E-state index in [4.69, 9.17) is 9.84 Å². The Hall–Kier alpha value is -1.07. The lowest BCUT2D eigenvalue weighted by Gasteiger charge is -2.14. The van der Waals surface area contributed by atoms with E-state index in [0.29, 0.717) is 0 Å². The molecule has 0 bridgehead atoms. The average molecular weight is 234 g/mol. The summed E-state index contributed by atoms with van der Waals surface area (Å²) in [6.45, 7) is 0.140. The molecule has 5 heteroatoms. The van der Waals surface area contributed by atoms with Crippen molar-refractivity contribution in [3.05, 3.63) is 35.9 Å². The van der Waals surface area contributed by atoms with Crippen LogP contribution in [0.1, 0.15) is 12.0 Å². The predicted octanol–water partition coefficient (Wildman–Crippen LogP) is 2.52. The van der Waals surface area contributed by atoms with Crippen molar-refractivity contribution in [3.8, 4) is 0 Å². The van der Waals surface area contributed by atoms with Crippen molar-refractivity contribution in [2.24, 2.45) is 0 Å². The molecule has 0 amide bonds. The topological polar surface area (TPSA) is 29.5 Å². The van der Waals surface area contributed by atoms with E-state index in [-0.39, 0.29) is 13.2 Å². The van der Waals surface area contributed by atoms with Gasteiger partial charge in [-0.1, -0.05) is 30.3 Å². The van der Waals surface area contributed by atoms with Gasteiger partial charge in [-0.15, -0.1) is 0 Å². The molecule has 0 aliphatic carbocycles. The number of hydrogen-bond donors (Lipinski definition) is 1. The Bertz CT molecular complexity index is 298. The van der Waals surface area contributed by atoms with Crippen molar-refractivity contribution in [2.75, 3.05) is 6.61 Å². The SMILES string of the molecule is O[C@H](CCOCc1ccccc1)C(F)(F)F. The van der Waals surface area contributed by atoms with Crippen LogP contribution in [-0.2, 0) is 11.3 Å². The molecule has 0 heterocycles. The van der Waals surface area contributed by atoms with E-state index in [0.717, 1.165) is 5.56 Å². The molecule has 1 aromatic carbocycles. The fourth-order valence-corrected chi connectivity index (χ4v) is 1.12. The van der Waals surface area contributed by atoms with Crippen molar-refractivity contribution >= 4 is 0 Å². The highest BCUT2D eigenvalue weighted by Gasteiger charge is 2.37. The number of alkyl halides is 3. The number of halogens is 3. The van der Waals surface area contributed by atoms with Gasteiger partial charge in [0.2, 0.25) is 0 Å². The molecule has 0 radical (unpaired) electrons. The summed E-state index contributed by atoms with van der Waals surface area (Å²) in [4.78, 5) is 0. The summed E-state index contributed by atoms with van der Waals surface area (Å²) < 4.78 is 40.7. The third kappa shape index (κ3) is 4.63. The van der Waals surface area contributed by atoms with Crippen molar-refractivity contribution < 1.29 is 23.0 Å². The monoisotopic (exact) mass is 234 g/mol. The Kier molecular flexibility index (Phi) is 4.76. The molecule has 0 saturated carbocycles. The lowest BCUT2D eigenvalue weighted by molar-refractivity contribution is -0.208. The largest absolute Gasteiger partial charge is 0.414 e. The van der Waals surface area contributed by atoms with Crippen LogP contribution in [0, 0.1) is 0 Å². The zero-order valence-corrected chi connectivity index (χ0v) is 8.57. The van der Waals surface area contributed by atoms with Crippen LogP contribution in [0.15, 0.2) is 30.3 Å². The lowest BCUT2D eigenvalue weighted by atomic mass is 10.2. The van der Waals surface area contributed by atoms with Gasteiger partial charge < -0.3 is 9.84 Å². The molecule has 0 saturated heterocycles. The van der Waals surface area contributed by atoms with Gasteiger partial charge in [0.05, 0.1) is 6.61 Å². The molecular weight excluding hydrogens is 221 g/mol. The minimum Gasteiger partial charge on any atom is -0.384 e. The first-order valence-corrected chi connectivity index (χ1v) is 4.86. The minimum absolute atomic E-state index is 0.116. The standard InChI is InChI=1S/C11H13F3O2/c12-11(13,14)10(15)6-7-16-8-9-4-2-1-3-5-9/h1-5,10,15H,6-8H2/t10-/m1/s1. The van der Waals surface area contributed by atoms with E-state index < -0.39 is 18.7 Å². The van der Waals surface area contributed by atoms with Crippen LogP contribution in [0.25, 0.3) is 0 Å². The van der Waals surface area contributed by atoms with Gasteiger partial charge >= 0.3 is 6.18 Å². The molecule has 0 aliphatic heterocycles. The molecule has 0 aliphatic rings. The fraction of sp³-hybridized carbons (Fsp3) is 0.455. The summed E-state index contributed by atoms with van der Waals surface area (Å²) in [7, 11) is 0. The number of ether oxygens (including phenoxy) is 1. The summed E-state index contributed by atoms with van der Waals surface area (Å²) >= 11 is 0. The predicted molar refractivity (Wildman–Crippen MR) is 52.8 cm³/mol. The maximum absolute atomic E-state index is 11.9. The summed E-state index contributed by atoms with van der Waals surface area (Å²) in [5.74, 6) is 0. The van der Waals surface area contributed by atoms with Crippen LogP contribution >= 0.6 is 0 Å². The van der Waals surface area contributed by atoms with E-state index in [1.54, 1.807) is 0 Å². The molecule has 0 fully saturated rings. The van der Waals surface area contributed by atoms with Gasteiger partial charge in [-0.25, -0.2) is 0 Å². The van der Waals surface area contributed by atoms with Gasteiger partial charge in [0, 0.05) is 13.0 Å². The average Bonchev–Trinajstić information content (AvgIpc) is 2.24. The molecule has 1 rings (SSSR count). The Morgan fingerprint density at radius 3 is 2.38 bits per heavy atom. The number of hydrogen-bond acceptors (Lipinski definition) is 2. The minimum atomic E-state index is -4.56. The Morgan fingerprint density at radius 2 is 1.81 bits per heavy atom. The highest BCUT2D eigenvalue weighted by atomic mass is 19.4. The van der Waals surface area contributed by atoms with Crippen LogP contribution in [0.5, 0.6) is 0 Å². The highest BCUT2D eigenvalue weighted by Crippen LogP contribution is 2.22. The maximum atomic E-state index is 11.9. The van der Waals surface area contributed by atoms with Gasteiger partial charge in [0.1, 0.15) is 0 Å². The van der Waals surface area contributed by atoms with Crippen LogP contribution in [0.3, 0.4) is 0 Å². The van der Waals surface area contributed by atoms with Crippen LogP contribution in [0.2, 0.25) is 0 Å². The number of benzene rings is 1. The first-order valence-electron chi connectivity index (χ1n) is 4.86. The van der Waals surface area contributed by atoms with Crippen molar-refractivity contribution in [2.45, 2.75) is 25.3 Å². The Morgan fingerprint density at radius 1 is 1.19 bits per heavy atom. The number of rotatable bonds is 5. The molecule has 1 N–H and O–H groups in total. The summed E-state index contributed by atoms with van der Waals surface area (Å²) in [6, 6.07) is 9.13. The second-order valence-electron chi connectivity index (χ2n) is 3.38. The van der Waals surface area contributed by atoms with Gasteiger partial charge in [0.15, 0.2) is 6.10 Å². The van der Waals surface area contributed by atoms with Crippen molar-refractivity contribution in [1.29, 1.82) is 0 Å². The van der Waals surface area contributed by atoms with E-state index in [1.807, 2.05) is 30.3 Å². The van der Waals surface area contributed by atoms with E-state index in [2.05, 4.69) is 0 Å². The normalized spacial score (nSPS) is 13.8. The third-order valence-electron chi connectivity index (χ3n) is 2.03. The van der Waals surface area contributed by atoms with Crippen LogP contribution in [0.4, 0.5) is 13.2 Å². The number of aliphatic hydroxyl groups excluding tert-OH is 1. The van der Waals surface area contributed by atoms with Crippen LogP contribution in [-0.4, -0.2) is 24.0 Å². The molecule has 0 unspecified atom stereocenters. The van der Waals surface area contributed by atoms with Crippen molar-refractivity contribution in [3.63, 3.8) is 0 Å². The summed E-state index contributed by atoms with van der Waals surface area (Å²) in [6.07, 6.45) is -7.30. The van der Waals surface area contributed by atoms with E-state index >= 15 is 0 Å². The molecule has 90 valence electrons. The molecule has 1 atom stereocenters. The molecular formula is C11H13F3O2. The van der Waals surface area contributed by atoms with Gasteiger partial charge in [-0.2, -0.15) is 13.2 Å². The maximum Gasteiger partial charge on any atom is 0.414 e. The first kappa shape index (κ1) is 13.0. The van der Waals surface area contributed by atoms with E-state index in [1.165, 1.54) is 0 Å². The molecule has 2 nitrogen and oxygen atoms in total. The van der Waals surface area contributed by atoms with Gasteiger partial charge in [-0.05, 0) is 5.56 Å².